The Labute approximate surface area is 144 Å². The maximum atomic E-state index is 12.5. The van der Waals surface area contributed by atoms with Gasteiger partial charge in [-0.05, 0) is 25.1 Å². The first-order valence-electron chi connectivity index (χ1n) is 7.17. The Balaban J connectivity index is 2.15. The number of hydrogen-bond donors (Lipinski definition) is 0. The highest BCUT2D eigenvalue weighted by Crippen LogP contribution is 2.22. The molecule has 0 radical (unpaired) electrons. The van der Waals surface area contributed by atoms with Crippen LogP contribution >= 0.6 is 11.3 Å². The van der Waals surface area contributed by atoms with Crippen LogP contribution in [0.15, 0.2) is 28.0 Å². The summed E-state index contributed by atoms with van der Waals surface area (Å²) in [5, 5.41) is 5.25. The van der Waals surface area contributed by atoms with Crippen molar-refractivity contribution in [1.82, 2.24) is 9.99 Å². The maximum absolute atomic E-state index is 12.5. The monoisotopic (exact) mass is 349 g/mol. The summed E-state index contributed by atoms with van der Waals surface area (Å²) in [6, 6.07) is 3.62. The van der Waals surface area contributed by atoms with E-state index in [-0.39, 0.29) is 18.3 Å². The molecule has 0 saturated carbocycles. The molecule has 2 aromatic rings. The first kappa shape index (κ1) is 17.9. The standard InChI is InChI=1S/C16H19N3O4S/c1-11-5-6-13(23-11)7-8-14(20)19(18(2)3)16-17-12(10-24-16)9-15(21)22-4/h5-8,10H,9H2,1-4H3/b8-7+. The molecule has 2 aromatic heterocycles. The molecule has 0 unspecified atom stereocenters. The SMILES string of the molecule is COC(=O)Cc1csc(N(C(=O)/C=C/c2ccc(C)o2)N(C)C)n1. The Bertz CT molecular complexity index is 748. The third-order valence-corrected chi connectivity index (χ3v) is 3.90. The summed E-state index contributed by atoms with van der Waals surface area (Å²) in [6.07, 6.45) is 3.10. The number of hydrogen-bond acceptors (Lipinski definition) is 7. The number of aromatic nitrogens is 1. The van der Waals surface area contributed by atoms with Gasteiger partial charge in [0.1, 0.15) is 11.5 Å². The molecule has 2 heterocycles. The van der Waals surface area contributed by atoms with Crippen molar-refractivity contribution in [2.45, 2.75) is 13.3 Å². The molecular formula is C16H19N3O4S. The predicted molar refractivity (Wildman–Crippen MR) is 91.5 cm³/mol. The molecule has 24 heavy (non-hydrogen) atoms. The van der Waals surface area contributed by atoms with E-state index in [0.717, 1.165) is 5.76 Å². The number of carbonyl (C=O) groups is 2. The highest BCUT2D eigenvalue weighted by Gasteiger charge is 2.20. The predicted octanol–water partition coefficient (Wildman–Crippen LogP) is 2.28. The van der Waals surface area contributed by atoms with Crippen LogP contribution in [-0.4, -0.2) is 43.1 Å². The molecule has 1 amide bonds. The summed E-state index contributed by atoms with van der Waals surface area (Å²) in [6.45, 7) is 1.84. The van der Waals surface area contributed by atoms with Gasteiger partial charge in [-0.3, -0.25) is 9.59 Å². The van der Waals surface area contributed by atoms with Crippen LogP contribution in [0.1, 0.15) is 17.2 Å². The number of methoxy groups -OCH3 is 1. The van der Waals surface area contributed by atoms with Crippen LogP contribution in [0.2, 0.25) is 0 Å². The Morgan fingerprint density at radius 2 is 2.12 bits per heavy atom. The molecule has 7 nitrogen and oxygen atoms in total. The summed E-state index contributed by atoms with van der Waals surface area (Å²) in [7, 11) is 4.81. The molecule has 128 valence electrons. The van der Waals surface area contributed by atoms with E-state index in [0.29, 0.717) is 16.6 Å². The van der Waals surface area contributed by atoms with Gasteiger partial charge < -0.3 is 9.15 Å². The number of nitrogens with zero attached hydrogens (tertiary/aromatic N) is 3. The van der Waals surface area contributed by atoms with Gasteiger partial charge in [-0.1, -0.05) is 0 Å². The molecule has 0 aliphatic rings. The van der Waals surface area contributed by atoms with Gasteiger partial charge in [-0.2, -0.15) is 0 Å². The van der Waals surface area contributed by atoms with E-state index in [9.17, 15) is 9.59 Å². The van der Waals surface area contributed by atoms with Crippen molar-refractivity contribution in [3.63, 3.8) is 0 Å². The van der Waals surface area contributed by atoms with Crippen LogP contribution in [-0.2, 0) is 20.7 Å². The number of esters is 1. The minimum atomic E-state index is -0.373. The van der Waals surface area contributed by atoms with Crippen molar-refractivity contribution < 1.29 is 18.7 Å². The summed E-state index contributed by atoms with van der Waals surface area (Å²) in [5.41, 5.74) is 0.562. The smallest absolute Gasteiger partial charge is 0.311 e. The van der Waals surface area contributed by atoms with Gasteiger partial charge in [0.25, 0.3) is 5.91 Å². The zero-order valence-corrected chi connectivity index (χ0v) is 14.8. The molecular weight excluding hydrogens is 330 g/mol. The summed E-state index contributed by atoms with van der Waals surface area (Å²) in [5.74, 6) is 0.736. The van der Waals surface area contributed by atoms with Gasteiger partial charge in [-0.25, -0.2) is 15.0 Å². The van der Waals surface area contributed by atoms with Crippen LogP contribution in [0.4, 0.5) is 5.13 Å². The second-order valence-electron chi connectivity index (χ2n) is 5.15. The number of amides is 1. The third-order valence-electron chi connectivity index (χ3n) is 3.03. The number of rotatable bonds is 6. The quantitative estimate of drug-likeness (QED) is 0.452. The first-order valence-corrected chi connectivity index (χ1v) is 8.05. The maximum Gasteiger partial charge on any atom is 0.311 e. The van der Waals surface area contributed by atoms with E-state index in [1.54, 1.807) is 36.6 Å². The number of thiazole rings is 1. The van der Waals surface area contributed by atoms with Gasteiger partial charge in [0, 0.05) is 25.6 Å². The first-order chi connectivity index (χ1) is 11.4. The summed E-state index contributed by atoms with van der Waals surface area (Å²) in [4.78, 5) is 28.1. The largest absolute Gasteiger partial charge is 0.469 e. The van der Waals surface area contributed by atoms with E-state index in [2.05, 4.69) is 9.72 Å². The number of carbonyl (C=O) groups excluding carboxylic acids is 2. The highest BCUT2D eigenvalue weighted by atomic mass is 32.1. The number of hydrazine groups is 1. The average molecular weight is 349 g/mol. The van der Waals surface area contributed by atoms with E-state index >= 15 is 0 Å². The molecule has 0 saturated heterocycles. The lowest BCUT2D eigenvalue weighted by Crippen LogP contribution is -2.41. The molecule has 0 N–H and O–H groups in total. The molecule has 0 aliphatic carbocycles. The lowest BCUT2D eigenvalue weighted by molar-refractivity contribution is -0.139. The highest BCUT2D eigenvalue weighted by molar-refractivity contribution is 7.14. The molecule has 8 heteroatoms. The molecule has 0 aliphatic heterocycles. The van der Waals surface area contributed by atoms with Gasteiger partial charge in [-0.15, -0.1) is 11.3 Å². The van der Waals surface area contributed by atoms with E-state index in [1.165, 1.54) is 29.5 Å². The number of anilines is 1. The van der Waals surface area contributed by atoms with Crippen molar-refractivity contribution in [1.29, 1.82) is 0 Å². The minimum absolute atomic E-state index is 0.0734. The van der Waals surface area contributed by atoms with Crippen molar-refractivity contribution in [3.8, 4) is 0 Å². The lowest BCUT2D eigenvalue weighted by Gasteiger charge is -2.24. The van der Waals surface area contributed by atoms with Gasteiger partial charge in [0.15, 0.2) is 0 Å². The van der Waals surface area contributed by atoms with Crippen LogP contribution in [0.5, 0.6) is 0 Å². The number of furan rings is 1. The van der Waals surface area contributed by atoms with Crippen molar-refractivity contribution in [2.75, 3.05) is 26.2 Å². The molecule has 0 aromatic carbocycles. The number of ether oxygens (including phenoxy) is 1. The van der Waals surface area contributed by atoms with Gasteiger partial charge in [0.05, 0.1) is 19.2 Å². The van der Waals surface area contributed by atoms with Crippen LogP contribution < -0.4 is 5.01 Å². The minimum Gasteiger partial charge on any atom is -0.469 e. The second-order valence-corrected chi connectivity index (χ2v) is 5.99. The molecule has 0 atom stereocenters. The van der Waals surface area contributed by atoms with Crippen LogP contribution in [0.3, 0.4) is 0 Å². The average Bonchev–Trinajstić information content (AvgIpc) is 3.14. The van der Waals surface area contributed by atoms with Gasteiger partial charge >= 0.3 is 5.97 Å². The van der Waals surface area contributed by atoms with E-state index in [1.807, 2.05) is 13.0 Å². The Morgan fingerprint density at radius 1 is 1.38 bits per heavy atom. The Hall–Kier alpha value is -2.45. The second kappa shape index (κ2) is 7.89. The van der Waals surface area contributed by atoms with Crippen molar-refractivity contribution in [3.05, 3.63) is 40.8 Å². The van der Waals surface area contributed by atoms with Crippen molar-refractivity contribution >= 4 is 34.4 Å². The fourth-order valence-electron chi connectivity index (χ4n) is 1.92. The Morgan fingerprint density at radius 3 is 2.71 bits per heavy atom. The Kier molecular flexibility index (Phi) is 5.88. The molecule has 0 fully saturated rings. The fraction of sp³-hybridized carbons (Fsp3) is 0.312. The van der Waals surface area contributed by atoms with Crippen molar-refractivity contribution in [2.24, 2.45) is 0 Å². The topological polar surface area (TPSA) is 75.9 Å². The van der Waals surface area contributed by atoms with Crippen LogP contribution in [0.25, 0.3) is 6.08 Å². The zero-order chi connectivity index (χ0) is 17.7. The normalized spacial score (nSPS) is 11.2. The zero-order valence-electron chi connectivity index (χ0n) is 14.0. The molecule has 0 spiro atoms. The molecule has 0 bridgehead atoms. The lowest BCUT2D eigenvalue weighted by atomic mass is 10.3. The molecule has 2 rings (SSSR count). The summed E-state index contributed by atoms with van der Waals surface area (Å²) >= 11 is 1.28. The number of aryl methyl sites for hydroxylation is 1. The fourth-order valence-corrected chi connectivity index (χ4v) is 2.82. The van der Waals surface area contributed by atoms with Crippen LogP contribution in [0, 0.1) is 6.92 Å². The summed E-state index contributed by atoms with van der Waals surface area (Å²) < 4.78 is 10.0. The van der Waals surface area contributed by atoms with Gasteiger partial charge in [0.2, 0.25) is 5.13 Å². The van der Waals surface area contributed by atoms with E-state index < -0.39 is 0 Å². The third kappa shape index (κ3) is 4.53. The van der Waals surface area contributed by atoms with E-state index in [4.69, 9.17) is 4.42 Å².